The van der Waals surface area contributed by atoms with Crippen molar-refractivity contribution in [1.29, 1.82) is 0 Å². The molecule has 1 fully saturated rings. The van der Waals surface area contributed by atoms with Gasteiger partial charge in [-0.05, 0) is 58.7 Å². The molecule has 0 unspecified atom stereocenters. The van der Waals surface area contributed by atoms with Crippen LogP contribution < -0.4 is 11.2 Å². The van der Waals surface area contributed by atoms with E-state index in [0.29, 0.717) is 5.46 Å². The van der Waals surface area contributed by atoms with Crippen LogP contribution in [0, 0.1) is 12.7 Å². The van der Waals surface area contributed by atoms with E-state index in [9.17, 15) is 4.39 Å². The van der Waals surface area contributed by atoms with Crippen LogP contribution in [0.2, 0.25) is 0 Å². The van der Waals surface area contributed by atoms with E-state index in [2.05, 4.69) is 0 Å². The zero-order valence-electron chi connectivity index (χ0n) is 13.5. The summed E-state index contributed by atoms with van der Waals surface area (Å²) in [6.45, 7) is 11.6. The van der Waals surface area contributed by atoms with Crippen molar-refractivity contribution in [2.45, 2.75) is 58.8 Å². The van der Waals surface area contributed by atoms with Crippen molar-refractivity contribution in [2.24, 2.45) is 5.73 Å². The van der Waals surface area contributed by atoms with E-state index < -0.39 is 18.3 Å². The van der Waals surface area contributed by atoms with Crippen molar-refractivity contribution >= 4 is 25.0 Å². The average molecular weight is 316 g/mol. The zero-order valence-corrected chi connectivity index (χ0v) is 14.3. The van der Waals surface area contributed by atoms with Crippen LogP contribution >= 0.6 is 12.4 Å². The molecule has 118 valence electrons. The molecule has 3 nitrogen and oxygen atoms in total. The van der Waals surface area contributed by atoms with Crippen molar-refractivity contribution < 1.29 is 13.7 Å². The molecule has 21 heavy (non-hydrogen) atoms. The van der Waals surface area contributed by atoms with Gasteiger partial charge in [-0.2, -0.15) is 0 Å². The molecule has 1 aliphatic heterocycles. The molecule has 0 bridgehead atoms. The number of nitrogens with two attached hydrogens (primary N) is 1. The van der Waals surface area contributed by atoms with Crippen molar-refractivity contribution in [3.8, 4) is 0 Å². The van der Waals surface area contributed by atoms with E-state index in [-0.39, 0.29) is 24.3 Å². The van der Waals surface area contributed by atoms with Gasteiger partial charge in [0, 0.05) is 11.5 Å². The second-order valence-corrected chi connectivity index (χ2v) is 6.61. The first-order valence-electron chi connectivity index (χ1n) is 6.96. The largest absolute Gasteiger partial charge is 0.497 e. The molecule has 0 saturated carbocycles. The van der Waals surface area contributed by atoms with Gasteiger partial charge in [-0.25, -0.2) is 4.39 Å². The fraction of sp³-hybridized carbons (Fsp3) is 0.600. The summed E-state index contributed by atoms with van der Waals surface area (Å²) in [5.41, 5.74) is 7.09. The standard InChI is InChI=1S/C15H23BFNO2.ClH/c1-9-7-12(13(17)8-11(9)10(2)18)16-19-14(3,4)15(5,6)20-16;/h7-8,10H,18H2,1-6H3;1H/t10-;/m1./s1. The van der Waals surface area contributed by atoms with Crippen molar-refractivity contribution in [3.05, 3.63) is 29.1 Å². The molecule has 1 aliphatic rings. The maximum Gasteiger partial charge on any atom is 0.497 e. The van der Waals surface area contributed by atoms with Gasteiger partial charge in [-0.15, -0.1) is 12.4 Å². The quantitative estimate of drug-likeness (QED) is 0.854. The van der Waals surface area contributed by atoms with Crippen molar-refractivity contribution in [1.82, 2.24) is 0 Å². The molecule has 0 radical (unpaired) electrons. The number of hydrogen-bond acceptors (Lipinski definition) is 3. The fourth-order valence-electron chi connectivity index (χ4n) is 2.36. The first-order chi connectivity index (χ1) is 9.05. The second-order valence-electron chi connectivity index (χ2n) is 6.61. The summed E-state index contributed by atoms with van der Waals surface area (Å²) < 4.78 is 26.1. The van der Waals surface area contributed by atoms with Crippen LogP contribution in [0.4, 0.5) is 4.39 Å². The van der Waals surface area contributed by atoms with Crippen LogP contribution in [0.15, 0.2) is 12.1 Å². The minimum Gasteiger partial charge on any atom is -0.399 e. The summed E-state index contributed by atoms with van der Waals surface area (Å²) in [6.07, 6.45) is 0. The van der Waals surface area contributed by atoms with Crippen LogP contribution in [0.25, 0.3) is 0 Å². The second kappa shape index (κ2) is 5.88. The van der Waals surface area contributed by atoms with Crippen LogP contribution in [0.1, 0.15) is 51.8 Å². The van der Waals surface area contributed by atoms with E-state index in [1.54, 1.807) is 6.07 Å². The Morgan fingerprint density at radius 1 is 1.14 bits per heavy atom. The fourth-order valence-corrected chi connectivity index (χ4v) is 2.36. The predicted octanol–water partition coefficient (Wildman–Crippen LogP) is 2.87. The molecule has 6 heteroatoms. The Bertz CT molecular complexity index is 519. The molecule has 1 aromatic rings. The monoisotopic (exact) mass is 315 g/mol. The van der Waals surface area contributed by atoms with Gasteiger partial charge in [0.1, 0.15) is 5.82 Å². The lowest BCUT2D eigenvalue weighted by molar-refractivity contribution is 0.00578. The highest BCUT2D eigenvalue weighted by Gasteiger charge is 2.52. The van der Waals surface area contributed by atoms with Gasteiger partial charge >= 0.3 is 7.12 Å². The minimum atomic E-state index is -0.680. The Morgan fingerprint density at radius 2 is 1.62 bits per heavy atom. The van der Waals surface area contributed by atoms with Gasteiger partial charge in [-0.3, -0.25) is 0 Å². The lowest BCUT2D eigenvalue weighted by Gasteiger charge is -2.32. The maximum absolute atomic E-state index is 14.3. The minimum absolute atomic E-state index is 0. The Labute approximate surface area is 132 Å². The molecule has 0 amide bonds. The van der Waals surface area contributed by atoms with Gasteiger partial charge in [0.2, 0.25) is 0 Å². The van der Waals surface area contributed by atoms with Gasteiger partial charge in [-0.1, -0.05) is 6.07 Å². The molecule has 2 rings (SSSR count). The molecule has 1 aromatic carbocycles. The first kappa shape index (κ1) is 18.4. The molecule has 0 aliphatic carbocycles. The Morgan fingerprint density at radius 3 is 2.05 bits per heavy atom. The van der Waals surface area contributed by atoms with E-state index in [4.69, 9.17) is 15.0 Å². The lowest BCUT2D eigenvalue weighted by atomic mass is 9.77. The van der Waals surface area contributed by atoms with E-state index >= 15 is 0 Å². The summed E-state index contributed by atoms with van der Waals surface area (Å²) in [6, 6.07) is 3.06. The van der Waals surface area contributed by atoms with Gasteiger partial charge in [0.25, 0.3) is 0 Å². The Kier molecular flexibility index (Phi) is 5.16. The van der Waals surface area contributed by atoms with E-state index in [1.807, 2.05) is 41.5 Å². The SMILES string of the molecule is Cc1cc(B2OC(C)(C)C(C)(C)O2)c(F)cc1[C@@H](C)N.Cl. The van der Waals surface area contributed by atoms with Crippen LogP contribution in [-0.4, -0.2) is 18.3 Å². The highest BCUT2D eigenvalue weighted by Crippen LogP contribution is 2.36. The molecule has 1 saturated heterocycles. The smallest absolute Gasteiger partial charge is 0.399 e. The number of halogens is 2. The first-order valence-corrected chi connectivity index (χ1v) is 6.96. The maximum atomic E-state index is 14.3. The summed E-state index contributed by atoms with van der Waals surface area (Å²) >= 11 is 0. The Balaban J connectivity index is 0.00000220. The van der Waals surface area contributed by atoms with Gasteiger partial charge in [0.05, 0.1) is 11.2 Å². The zero-order chi connectivity index (χ0) is 15.3. The van der Waals surface area contributed by atoms with Crippen molar-refractivity contribution in [3.63, 3.8) is 0 Å². The lowest BCUT2D eigenvalue weighted by Crippen LogP contribution is -2.41. The molecular formula is C15H24BClFNO2. The van der Waals surface area contributed by atoms with Crippen LogP contribution in [0.5, 0.6) is 0 Å². The third kappa shape index (κ3) is 3.26. The number of benzene rings is 1. The third-order valence-electron chi connectivity index (χ3n) is 4.38. The van der Waals surface area contributed by atoms with Gasteiger partial charge < -0.3 is 15.0 Å². The summed E-state index contributed by atoms with van der Waals surface area (Å²) in [7, 11) is -0.680. The number of rotatable bonds is 2. The Hall–Kier alpha value is -0.615. The van der Waals surface area contributed by atoms with Crippen molar-refractivity contribution in [2.75, 3.05) is 0 Å². The molecule has 2 N–H and O–H groups in total. The predicted molar refractivity (Wildman–Crippen MR) is 86.7 cm³/mol. The summed E-state index contributed by atoms with van der Waals surface area (Å²) in [5, 5.41) is 0. The average Bonchev–Trinajstić information content (AvgIpc) is 2.50. The normalized spacial score (nSPS) is 21.0. The van der Waals surface area contributed by atoms with E-state index in [0.717, 1.165) is 11.1 Å². The topological polar surface area (TPSA) is 44.5 Å². The molecular weight excluding hydrogens is 291 g/mol. The third-order valence-corrected chi connectivity index (χ3v) is 4.38. The summed E-state index contributed by atoms with van der Waals surface area (Å²) in [5.74, 6) is -0.332. The van der Waals surface area contributed by atoms with Gasteiger partial charge in [0.15, 0.2) is 0 Å². The highest BCUT2D eigenvalue weighted by molar-refractivity contribution is 6.62. The number of hydrogen-bond donors (Lipinski definition) is 1. The molecule has 0 aromatic heterocycles. The van der Waals surface area contributed by atoms with E-state index in [1.165, 1.54) is 6.07 Å². The van der Waals surface area contributed by atoms with Crippen LogP contribution in [0.3, 0.4) is 0 Å². The van der Waals surface area contributed by atoms with Crippen LogP contribution in [-0.2, 0) is 9.31 Å². The molecule has 1 atom stereocenters. The number of aryl methyl sites for hydroxylation is 1. The molecule has 0 spiro atoms. The summed E-state index contributed by atoms with van der Waals surface area (Å²) in [4.78, 5) is 0. The highest BCUT2D eigenvalue weighted by atomic mass is 35.5. The molecule has 1 heterocycles.